The number of rotatable bonds is 6. The van der Waals surface area contributed by atoms with Crippen LogP contribution in [0.1, 0.15) is 31.1 Å². The maximum Gasteiger partial charge on any atom is 0.200 e. The molecule has 1 aliphatic carbocycles. The van der Waals surface area contributed by atoms with Gasteiger partial charge in [-0.2, -0.15) is 0 Å². The van der Waals surface area contributed by atoms with E-state index in [1.165, 1.54) is 72.8 Å². The Balaban J connectivity index is 1.97. The Bertz CT molecular complexity index is 1100. The van der Waals surface area contributed by atoms with Crippen LogP contribution in [0, 0.1) is 0 Å². The van der Waals surface area contributed by atoms with Crippen LogP contribution in [-0.2, 0) is 0 Å². The molecule has 9 heteroatoms. The third kappa shape index (κ3) is 3.53. The van der Waals surface area contributed by atoms with Crippen molar-refractivity contribution in [3.05, 3.63) is 108 Å². The fourth-order valence-corrected chi connectivity index (χ4v) is 4.66. The van der Waals surface area contributed by atoms with Gasteiger partial charge in [-0.25, -0.2) is 0 Å². The molecule has 1 fully saturated rings. The van der Waals surface area contributed by atoms with Crippen molar-refractivity contribution in [1.29, 1.82) is 0 Å². The molecule has 3 aromatic carbocycles. The van der Waals surface area contributed by atoms with Gasteiger partial charge in [-0.05, 0) is 0 Å². The minimum Gasteiger partial charge on any atom is -0.386 e. The normalized spacial score (nSPS) is 32.0. The van der Waals surface area contributed by atoms with Crippen molar-refractivity contribution in [3.63, 3.8) is 0 Å². The summed E-state index contributed by atoms with van der Waals surface area (Å²) in [6, 6.07) is 20.4. The van der Waals surface area contributed by atoms with Crippen LogP contribution in [0.15, 0.2) is 91.0 Å². The third-order valence-electron chi connectivity index (χ3n) is 6.70. The molecule has 6 N–H and O–H groups in total. The first-order valence-corrected chi connectivity index (χ1v) is 11.0. The van der Waals surface area contributed by atoms with E-state index >= 15 is 0 Å². The Morgan fingerprint density at radius 2 is 0.639 bits per heavy atom. The van der Waals surface area contributed by atoms with E-state index < -0.39 is 52.5 Å². The molecular weight excluding hydrogens is 468 g/mol. The molecule has 3 aromatic rings. The fraction of sp³-hybridized carbons (Fsp3) is 0.222. The van der Waals surface area contributed by atoms with Crippen molar-refractivity contribution in [1.82, 2.24) is 0 Å². The van der Waals surface area contributed by atoms with Gasteiger partial charge in [0.2, 0.25) is 0 Å². The number of hydrogen-bond acceptors (Lipinski definition) is 9. The zero-order valence-corrected chi connectivity index (χ0v) is 18.8. The van der Waals surface area contributed by atoms with Crippen molar-refractivity contribution in [2.24, 2.45) is 0 Å². The molecule has 0 atom stereocenters. The second kappa shape index (κ2) is 9.14. The number of carbonyl (C=O) groups excluding carboxylic acids is 3. The Kier molecular flexibility index (Phi) is 6.48. The second-order valence-corrected chi connectivity index (χ2v) is 8.77. The summed E-state index contributed by atoms with van der Waals surface area (Å²) in [5, 5.41) is 68.0. The number of carbonyl (C=O) groups is 3. The van der Waals surface area contributed by atoms with Gasteiger partial charge in [0.1, 0.15) is 18.3 Å². The number of Topliss-reactive ketones (excluding diaryl/α,β-unsaturated/α-hetero) is 3. The summed E-state index contributed by atoms with van der Waals surface area (Å²) in [6.07, 6.45) is -8.59. The molecule has 0 heterocycles. The summed E-state index contributed by atoms with van der Waals surface area (Å²) in [5.74, 6) is -4.18. The number of aliphatic hydroxyl groups excluding tert-OH is 3. The van der Waals surface area contributed by atoms with Gasteiger partial charge in [0.05, 0.1) is 0 Å². The van der Waals surface area contributed by atoms with E-state index in [4.69, 9.17) is 0 Å². The summed E-state index contributed by atoms with van der Waals surface area (Å²) < 4.78 is 0. The SMILES string of the molecule is O=C(c1ccccc1)[C@]1(O)[C@H](O)[C@](O)(C(=O)c2ccccc2)[C@H](O)[C@](O)(C(=O)c2ccccc2)[C@H]1O. The van der Waals surface area contributed by atoms with Gasteiger partial charge in [0.15, 0.2) is 34.2 Å². The van der Waals surface area contributed by atoms with Gasteiger partial charge >= 0.3 is 0 Å². The lowest BCUT2D eigenvalue weighted by molar-refractivity contribution is -0.291. The smallest absolute Gasteiger partial charge is 0.200 e. The highest BCUT2D eigenvalue weighted by atomic mass is 16.5. The molecule has 0 saturated heterocycles. The molecule has 36 heavy (non-hydrogen) atoms. The molecule has 4 rings (SSSR count). The Morgan fingerprint density at radius 1 is 0.444 bits per heavy atom. The predicted molar refractivity (Wildman–Crippen MR) is 125 cm³/mol. The molecule has 0 aliphatic heterocycles. The summed E-state index contributed by atoms with van der Waals surface area (Å²) in [7, 11) is 0. The molecule has 0 unspecified atom stereocenters. The van der Waals surface area contributed by atoms with Crippen LogP contribution >= 0.6 is 0 Å². The summed E-state index contributed by atoms with van der Waals surface area (Å²) in [5.41, 5.74) is -11.3. The number of ketones is 3. The first-order valence-electron chi connectivity index (χ1n) is 11.0. The largest absolute Gasteiger partial charge is 0.386 e. The maximum atomic E-state index is 13.4. The third-order valence-corrected chi connectivity index (χ3v) is 6.70. The minimum absolute atomic E-state index is 0.265. The van der Waals surface area contributed by atoms with Crippen molar-refractivity contribution in [2.45, 2.75) is 35.1 Å². The van der Waals surface area contributed by atoms with E-state index in [9.17, 15) is 45.0 Å². The number of aliphatic hydroxyl groups is 6. The summed E-state index contributed by atoms with van der Waals surface area (Å²) >= 11 is 0. The van der Waals surface area contributed by atoms with Crippen LogP contribution < -0.4 is 0 Å². The molecule has 0 amide bonds. The zero-order chi connectivity index (χ0) is 26.3. The zero-order valence-electron chi connectivity index (χ0n) is 18.8. The van der Waals surface area contributed by atoms with Crippen LogP contribution in [0.3, 0.4) is 0 Å². The highest BCUT2D eigenvalue weighted by Gasteiger charge is 2.77. The number of benzene rings is 3. The van der Waals surface area contributed by atoms with E-state index in [-0.39, 0.29) is 16.7 Å². The van der Waals surface area contributed by atoms with Crippen LogP contribution in [-0.4, -0.2) is 83.1 Å². The van der Waals surface area contributed by atoms with E-state index in [1.54, 1.807) is 18.2 Å². The molecule has 9 nitrogen and oxygen atoms in total. The monoisotopic (exact) mass is 492 g/mol. The van der Waals surface area contributed by atoms with E-state index in [1.807, 2.05) is 0 Å². The molecular formula is C27H24O9. The Morgan fingerprint density at radius 3 is 0.833 bits per heavy atom. The lowest BCUT2D eigenvalue weighted by atomic mass is 9.56. The van der Waals surface area contributed by atoms with Gasteiger partial charge in [0.25, 0.3) is 0 Å². The van der Waals surface area contributed by atoms with Gasteiger partial charge in [0, 0.05) is 16.7 Å². The molecule has 186 valence electrons. The van der Waals surface area contributed by atoms with E-state index in [2.05, 4.69) is 0 Å². The molecule has 0 bridgehead atoms. The highest BCUT2D eigenvalue weighted by molar-refractivity contribution is 6.11. The summed E-state index contributed by atoms with van der Waals surface area (Å²) in [4.78, 5) is 40.3. The molecule has 1 saturated carbocycles. The predicted octanol–water partition coefficient (Wildman–Crippen LogP) is -0.0753. The Labute approximate surface area is 205 Å². The number of hydrogen-bond donors (Lipinski definition) is 6. The van der Waals surface area contributed by atoms with Gasteiger partial charge in [-0.3, -0.25) is 14.4 Å². The van der Waals surface area contributed by atoms with Crippen molar-refractivity contribution >= 4 is 17.3 Å². The lowest BCUT2D eigenvalue weighted by Gasteiger charge is -2.56. The average molecular weight is 492 g/mol. The molecule has 0 spiro atoms. The minimum atomic E-state index is -3.50. The maximum absolute atomic E-state index is 13.4. The van der Waals surface area contributed by atoms with Gasteiger partial charge in [-0.15, -0.1) is 0 Å². The van der Waals surface area contributed by atoms with Crippen LogP contribution in [0.25, 0.3) is 0 Å². The quantitative estimate of drug-likeness (QED) is 0.258. The van der Waals surface area contributed by atoms with Crippen molar-refractivity contribution < 1.29 is 45.0 Å². The highest BCUT2D eigenvalue weighted by Crippen LogP contribution is 2.46. The van der Waals surface area contributed by atoms with Crippen LogP contribution in [0.4, 0.5) is 0 Å². The standard InChI is InChI=1S/C27H24O9/c28-19(16-10-4-1-5-11-16)25(34)22(31)26(35,20(29)17-12-6-2-7-13-17)24(33)27(36,23(25)32)21(30)18-14-8-3-9-15-18/h1-15,22-24,31-36H/t22-,23-,24-,25-,26+,27-. The van der Waals surface area contributed by atoms with Gasteiger partial charge < -0.3 is 30.6 Å². The van der Waals surface area contributed by atoms with Crippen LogP contribution in [0.5, 0.6) is 0 Å². The van der Waals surface area contributed by atoms with Crippen molar-refractivity contribution in [2.75, 3.05) is 0 Å². The van der Waals surface area contributed by atoms with E-state index in [0.717, 1.165) is 0 Å². The van der Waals surface area contributed by atoms with E-state index in [0.29, 0.717) is 0 Å². The lowest BCUT2D eigenvalue weighted by Crippen LogP contribution is -2.86. The topological polar surface area (TPSA) is 173 Å². The molecule has 1 aliphatic rings. The first-order chi connectivity index (χ1) is 17.0. The van der Waals surface area contributed by atoms with Gasteiger partial charge in [-0.1, -0.05) is 91.0 Å². The fourth-order valence-electron chi connectivity index (χ4n) is 4.66. The van der Waals surface area contributed by atoms with Crippen LogP contribution in [0.2, 0.25) is 0 Å². The van der Waals surface area contributed by atoms with Crippen molar-refractivity contribution in [3.8, 4) is 0 Å². The Hall–Kier alpha value is -3.57. The second-order valence-electron chi connectivity index (χ2n) is 8.77. The molecule has 0 radical (unpaired) electrons. The first kappa shape index (κ1) is 25.5. The summed E-state index contributed by atoms with van der Waals surface area (Å²) in [6.45, 7) is 0. The average Bonchev–Trinajstić information content (AvgIpc) is 2.94. The molecule has 0 aromatic heterocycles.